The third kappa shape index (κ3) is 7.16. The van der Waals surface area contributed by atoms with Gasteiger partial charge in [0.1, 0.15) is 5.35 Å². The molecule has 8 nitrogen and oxygen atoms in total. The smallest absolute Gasteiger partial charge is 0.416 e. The molecule has 224 valence electrons. The number of aliphatic hydroxyl groups excluding tert-OH is 1. The van der Waals surface area contributed by atoms with Crippen LogP contribution in [-0.4, -0.2) is 59.7 Å². The highest BCUT2D eigenvalue weighted by Crippen LogP contribution is 2.30. The van der Waals surface area contributed by atoms with Crippen molar-refractivity contribution in [3.8, 4) is 17.5 Å². The van der Waals surface area contributed by atoms with Crippen molar-refractivity contribution in [1.82, 2.24) is 9.88 Å². The van der Waals surface area contributed by atoms with Gasteiger partial charge in [0.2, 0.25) is 11.8 Å². The molecule has 2 aliphatic rings. The first-order valence-corrected chi connectivity index (χ1v) is 14.2. The molecule has 0 radical (unpaired) electrons. The third-order valence-electron chi connectivity index (χ3n) is 7.68. The molecule has 1 atom stereocenters. The fourth-order valence-corrected chi connectivity index (χ4v) is 5.19. The van der Waals surface area contributed by atoms with Crippen LogP contribution in [0.2, 0.25) is 0 Å². The highest BCUT2D eigenvalue weighted by atomic mass is 19.4. The van der Waals surface area contributed by atoms with Gasteiger partial charge >= 0.3 is 6.18 Å². The van der Waals surface area contributed by atoms with Gasteiger partial charge < -0.3 is 19.7 Å². The minimum Gasteiger partial charge on any atom is -0.436 e. The third-order valence-corrected chi connectivity index (χ3v) is 7.68. The number of nitrogens with zero attached hydrogens (tertiary/aromatic N) is 4. The summed E-state index contributed by atoms with van der Waals surface area (Å²) in [5.41, 5.74) is 3.19. The summed E-state index contributed by atoms with van der Waals surface area (Å²) in [4.78, 5) is 21.4. The van der Waals surface area contributed by atoms with E-state index in [1.54, 1.807) is 24.3 Å². The molecule has 3 aromatic rings. The van der Waals surface area contributed by atoms with E-state index >= 15 is 0 Å². The molecule has 1 unspecified atom stereocenters. The summed E-state index contributed by atoms with van der Waals surface area (Å²) in [6.07, 6.45) is -0.0933. The van der Waals surface area contributed by atoms with Crippen LogP contribution in [0.4, 0.5) is 24.5 Å². The molecule has 2 N–H and O–H groups in total. The maximum absolute atomic E-state index is 12.8. The quantitative estimate of drug-likeness (QED) is 0.427. The van der Waals surface area contributed by atoms with Crippen molar-refractivity contribution in [3.05, 3.63) is 76.5 Å². The lowest BCUT2D eigenvalue weighted by atomic mass is 10.00. The zero-order valence-corrected chi connectivity index (χ0v) is 23.7. The number of rotatable bonds is 7. The van der Waals surface area contributed by atoms with E-state index in [1.807, 2.05) is 28.9 Å². The number of aliphatic hydroxyl groups is 1. The second-order valence-electron chi connectivity index (χ2n) is 10.6. The summed E-state index contributed by atoms with van der Waals surface area (Å²) in [5, 5.41) is 23.5. The molecule has 1 saturated heterocycles. The number of oxazole rings is 1. The number of piperazine rings is 1. The number of nitrogens with one attached hydrogen (secondary N) is 1. The van der Waals surface area contributed by atoms with Crippen molar-refractivity contribution in [3.63, 3.8) is 0 Å². The predicted molar refractivity (Wildman–Crippen MR) is 157 cm³/mol. The van der Waals surface area contributed by atoms with Crippen LogP contribution in [0.15, 0.2) is 64.6 Å². The summed E-state index contributed by atoms with van der Waals surface area (Å²) < 4.78 is 44.6. The topological polar surface area (TPSA) is 106 Å². The van der Waals surface area contributed by atoms with Gasteiger partial charge in [0.05, 0.1) is 24.3 Å². The Morgan fingerprint density at radius 1 is 1.07 bits per heavy atom. The molecule has 0 bridgehead atoms. The molecule has 1 fully saturated rings. The summed E-state index contributed by atoms with van der Waals surface area (Å²) in [5.74, 6) is 0.212. The fourth-order valence-electron chi connectivity index (χ4n) is 5.19. The minimum absolute atomic E-state index is 0.169. The van der Waals surface area contributed by atoms with E-state index in [4.69, 9.17) is 4.42 Å². The number of halogens is 3. The Bertz CT molecular complexity index is 1650. The van der Waals surface area contributed by atoms with Crippen LogP contribution in [-0.2, 0) is 11.0 Å². The van der Waals surface area contributed by atoms with E-state index in [2.05, 4.69) is 16.4 Å². The Kier molecular flexibility index (Phi) is 8.99. The maximum atomic E-state index is 12.8. The van der Waals surface area contributed by atoms with E-state index < -0.39 is 17.8 Å². The first-order valence-electron chi connectivity index (χ1n) is 14.2. The van der Waals surface area contributed by atoms with Gasteiger partial charge in [-0.1, -0.05) is 13.0 Å². The summed E-state index contributed by atoms with van der Waals surface area (Å²) in [6, 6.07) is 14.5. The van der Waals surface area contributed by atoms with Gasteiger partial charge in [-0.25, -0.2) is 4.98 Å². The molecule has 1 aliphatic carbocycles. The van der Waals surface area contributed by atoms with Gasteiger partial charge in [0.25, 0.3) is 0 Å². The van der Waals surface area contributed by atoms with E-state index in [0.29, 0.717) is 84.5 Å². The number of allylic oxidation sites excluding steroid dienone is 2. The lowest BCUT2D eigenvalue weighted by molar-refractivity contribution is -0.137. The number of carbonyl (C=O) groups is 1. The van der Waals surface area contributed by atoms with Crippen LogP contribution in [0.5, 0.6) is 0 Å². The molecule has 11 heteroatoms. The molecule has 0 saturated carbocycles. The highest BCUT2D eigenvalue weighted by Gasteiger charge is 2.30. The fraction of sp³-hybridized carbons (Fsp3) is 0.344. The average molecular weight is 592 g/mol. The molecule has 0 spiro atoms. The largest absolute Gasteiger partial charge is 0.436 e. The zero-order chi connectivity index (χ0) is 30.6. The molecule has 2 aromatic carbocycles. The Balaban J connectivity index is 1.19. The summed E-state index contributed by atoms with van der Waals surface area (Å²) in [7, 11) is 0. The summed E-state index contributed by atoms with van der Waals surface area (Å²) >= 11 is 0. The van der Waals surface area contributed by atoms with Crippen LogP contribution in [0.1, 0.15) is 31.7 Å². The number of amides is 1. The number of hydrogen-bond donors (Lipinski definition) is 2. The number of carbonyl (C=O) groups excluding carboxylic acids is 1. The molecule has 1 amide bonds. The van der Waals surface area contributed by atoms with Gasteiger partial charge in [-0.3, -0.25) is 9.69 Å². The minimum atomic E-state index is -4.36. The summed E-state index contributed by atoms with van der Waals surface area (Å²) in [6.45, 7) is 4.50. The van der Waals surface area contributed by atoms with Crippen LogP contribution in [0.3, 0.4) is 0 Å². The predicted octanol–water partition coefficient (Wildman–Crippen LogP) is 4.07. The Labute approximate surface area is 247 Å². The van der Waals surface area contributed by atoms with Crippen LogP contribution >= 0.6 is 0 Å². The maximum Gasteiger partial charge on any atom is 0.416 e. The van der Waals surface area contributed by atoms with Crippen molar-refractivity contribution in [2.75, 3.05) is 42.9 Å². The second-order valence-corrected chi connectivity index (χ2v) is 10.6. The van der Waals surface area contributed by atoms with E-state index in [9.17, 15) is 28.3 Å². The van der Waals surface area contributed by atoms with Gasteiger partial charge in [0.15, 0.2) is 5.42 Å². The number of aromatic nitrogens is 1. The normalized spacial score (nSPS) is 19.2. The Hall–Kier alpha value is -4.40. The molecular weight excluding hydrogens is 559 g/mol. The van der Waals surface area contributed by atoms with Crippen molar-refractivity contribution in [1.29, 1.82) is 5.26 Å². The average Bonchev–Trinajstić information content (AvgIpc) is 3.40. The van der Waals surface area contributed by atoms with Crippen molar-refractivity contribution in [2.45, 2.75) is 38.5 Å². The van der Waals surface area contributed by atoms with Crippen molar-refractivity contribution >= 4 is 28.9 Å². The molecule has 1 aromatic heterocycles. The number of alkyl halides is 3. The van der Waals surface area contributed by atoms with Crippen molar-refractivity contribution in [2.24, 2.45) is 0 Å². The van der Waals surface area contributed by atoms with E-state index in [1.165, 1.54) is 12.1 Å². The number of nitriles is 1. The molecular formula is C32H32F3N5O3. The highest BCUT2D eigenvalue weighted by molar-refractivity contribution is 5.92. The molecule has 2 heterocycles. The lowest BCUT2D eigenvalue weighted by Crippen LogP contribution is -2.48. The van der Waals surface area contributed by atoms with Crippen LogP contribution < -0.4 is 21.0 Å². The number of anilines is 2. The molecule has 43 heavy (non-hydrogen) atoms. The van der Waals surface area contributed by atoms with E-state index in [-0.39, 0.29) is 12.5 Å². The Morgan fingerprint density at radius 3 is 2.40 bits per heavy atom. The monoisotopic (exact) mass is 591 g/mol. The number of benzene rings is 2. The van der Waals surface area contributed by atoms with Gasteiger partial charge in [-0.15, -0.1) is 0 Å². The second kappa shape index (κ2) is 12.9. The first kappa shape index (κ1) is 30.1. The molecule has 5 rings (SSSR count). The van der Waals surface area contributed by atoms with Crippen LogP contribution in [0, 0.1) is 11.3 Å². The zero-order valence-electron chi connectivity index (χ0n) is 23.7. The van der Waals surface area contributed by atoms with E-state index in [0.717, 1.165) is 17.8 Å². The first-order chi connectivity index (χ1) is 20.6. The van der Waals surface area contributed by atoms with Crippen LogP contribution in [0.25, 0.3) is 23.1 Å². The SMILES string of the molecule is CCC(O)/C1=c2\oc(-c3ccc(NC(=O)CN4CCN(c5ccc(C(F)(F)F)cc5)CC4)cc3)nc2=CC/C(C#N)=C\C1. The van der Waals surface area contributed by atoms with Gasteiger partial charge in [-0.05, 0) is 67.4 Å². The van der Waals surface area contributed by atoms with Crippen molar-refractivity contribution < 1.29 is 27.5 Å². The molecule has 1 aliphatic heterocycles. The standard InChI is InChI=1S/C32H32F3N5O3/c1-2-28(41)26-13-3-21(19-36)4-14-27-30(26)43-31(38-27)22-5-9-24(10-6-22)37-29(42)20-39-15-17-40(18-16-39)25-11-7-23(8-12-25)32(33,34)35/h3,5-12,14,28,41H,2,4,13,15-18,20H2,1H3,(H,37,42)/b21-3+,27-14?,30-26-. The number of hydrogen-bond acceptors (Lipinski definition) is 7. The van der Waals surface area contributed by atoms with Gasteiger partial charge in [0, 0.05) is 60.7 Å². The van der Waals surface area contributed by atoms with Gasteiger partial charge in [-0.2, -0.15) is 18.4 Å². The lowest BCUT2D eigenvalue weighted by Gasteiger charge is -2.35. The Morgan fingerprint density at radius 2 is 1.77 bits per heavy atom. The number of fused-ring (bicyclic) bond motifs is 1.